The minimum atomic E-state index is -0.718. The van der Waals surface area contributed by atoms with Crippen molar-refractivity contribution in [3.63, 3.8) is 0 Å². The molecule has 6 heteroatoms. The van der Waals surface area contributed by atoms with E-state index in [0.29, 0.717) is 37.2 Å². The van der Waals surface area contributed by atoms with Gasteiger partial charge in [0.2, 0.25) is 5.91 Å². The number of likely N-dealkylation sites (tertiary alicyclic amines) is 1. The molecule has 3 aliphatic heterocycles. The lowest BCUT2D eigenvalue weighted by molar-refractivity contribution is -0.138. The van der Waals surface area contributed by atoms with Crippen molar-refractivity contribution in [3.05, 3.63) is 65.2 Å². The van der Waals surface area contributed by atoms with Gasteiger partial charge in [0.1, 0.15) is 11.9 Å². The first-order valence-corrected chi connectivity index (χ1v) is 10.0. The number of amides is 2. The summed E-state index contributed by atoms with van der Waals surface area (Å²) in [5.74, 6) is 0.508. The van der Waals surface area contributed by atoms with Crippen molar-refractivity contribution < 1.29 is 19.1 Å². The first kappa shape index (κ1) is 18.2. The van der Waals surface area contributed by atoms with Crippen LogP contribution in [0.3, 0.4) is 0 Å². The van der Waals surface area contributed by atoms with Crippen molar-refractivity contribution in [1.82, 2.24) is 9.80 Å². The zero-order valence-electron chi connectivity index (χ0n) is 16.6. The molecule has 3 heterocycles. The van der Waals surface area contributed by atoms with Crippen molar-refractivity contribution in [1.29, 1.82) is 0 Å². The summed E-state index contributed by atoms with van der Waals surface area (Å²) in [6, 6.07) is 15.3. The second-order valence-electron chi connectivity index (χ2n) is 8.04. The summed E-state index contributed by atoms with van der Waals surface area (Å²) in [4.78, 5) is 29.9. The van der Waals surface area contributed by atoms with E-state index in [-0.39, 0.29) is 24.0 Å². The smallest absolute Gasteiger partial charge is 0.258 e. The van der Waals surface area contributed by atoms with Crippen molar-refractivity contribution in [3.8, 4) is 5.75 Å². The maximum atomic E-state index is 13.4. The quantitative estimate of drug-likeness (QED) is 0.806. The second-order valence-corrected chi connectivity index (χ2v) is 8.04. The zero-order chi connectivity index (χ0) is 20.2. The molecule has 0 unspecified atom stereocenters. The van der Waals surface area contributed by atoms with Crippen molar-refractivity contribution in [2.24, 2.45) is 0 Å². The summed E-state index contributed by atoms with van der Waals surface area (Å²) < 4.78 is 11.9. The third-order valence-electron chi connectivity index (χ3n) is 6.45. The first-order chi connectivity index (χ1) is 14.0. The van der Waals surface area contributed by atoms with Gasteiger partial charge in [-0.1, -0.05) is 42.0 Å². The molecule has 0 bridgehead atoms. The number of rotatable bonds is 3. The van der Waals surface area contributed by atoms with Crippen LogP contribution in [-0.4, -0.2) is 53.6 Å². The molecule has 3 aliphatic rings. The maximum absolute atomic E-state index is 13.4. The van der Waals surface area contributed by atoms with E-state index in [2.05, 4.69) is 0 Å². The van der Waals surface area contributed by atoms with Crippen molar-refractivity contribution in [2.45, 2.75) is 37.6 Å². The van der Waals surface area contributed by atoms with Crippen LogP contribution >= 0.6 is 0 Å². The number of nitrogens with zero attached hydrogens (tertiary/aromatic N) is 2. The molecule has 6 nitrogen and oxygen atoms in total. The lowest BCUT2D eigenvalue weighted by atomic mass is 10.0. The fourth-order valence-corrected chi connectivity index (χ4v) is 5.05. The van der Waals surface area contributed by atoms with Crippen LogP contribution in [0.25, 0.3) is 0 Å². The highest BCUT2D eigenvalue weighted by atomic mass is 16.5. The Morgan fingerprint density at radius 1 is 1.21 bits per heavy atom. The van der Waals surface area contributed by atoms with Gasteiger partial charge in [0.15, 0.2) is 5.72 Å². The molecule has 2 aromatic carbocycles. The molecule has 150 valence electrons. The van der Waals surface area contributed by atoms with E-state index in [9.17, 15) is 9.59 Å². The van der Waals surface area contributed by atoms with Gasteiger partial charge in [0.05, 0.1) is 31.7 Å². The van der Waals surface area contributed by atoms with Gasteiger partial charge in [-0.05, 0) is 24.6 Å². The third kappa shape index (κ3) is 2.66. The Hall–Kier alpha value is -2.86. The molecular weight excluding hydrogens is 368 g/mol. The topological polar surface area (TPSA) is 59.1 Å². The molecule has 3 fully saturated rings. The summed E-state index contributed by atoms with van der Waals surface area (Å²) in [6.07, 6.45) is 0.778. The summed E-state index contributed by atoms with van der Waals surface area (Å²) in [6.45, 7) is 3.05. The molecule has 0 radical (unpaired) electrons. The monoisotopic (exact) mass is 392 g/mol. The lowest BCUT2D eigenvalue weighted by Crippen LogP contribution is -2.48. The van der Waals surface area contributed by atoms with Crippen molar-refractivity contribution in [2.75, 3.05) is 20.2 Å². The summed E-state index contributed by atoms with van der Waals surface area (Å²) in [7, 11) is 1.57. The predicted molar refractivity (Wildman–Crippen MR) is 107 cm³/mol. The molecule has 2 aromatic rings. The number of methoxy groups -OCH3 is 1. The average molecular weight is 392 g/mol. The fourth-order valence-electron chi connectivity index (χ4n) is 5.05. The minimum Gasteiger partial charge on any atom is -0.496 e. The second kappa shape index (κ2) is 6.59. The van der Waals surface area contributed by atoms with Gasteiger partial charge in [-0.3, -0.25) is 9.59 Å². The van der Waals surface area contributed by atoms with Crippen LogP contribution in [0.1, 0.15) is 40.4 Å². The number of ether oxygens (including phenoxy) is 2. The van der Waals surface area contributed by atoms with Crippen LogP contribution in [-0.2, 0) is 9.53 Å². The van der Waals surface area contributed by atoms with E-state index < -0.39 is 5.72 Å². The lowest BCUT2D eigenvalue weighted by Gasteiger charge is -2.32. The molecule has 29 heavy (non-hydrogen) atoms. The van der Waals surface area contributed by atoms with Gasteiger partial charge in [0, 0.05) is 13.0 Å². The van der Waals surface area contributed by atoms with E-state index in [1.807, 2.05) is 65.3 Å². The highest BCUT2D eigenvalue weighted by Crippen LogP contribution is 2.51. The largest absolute Gasteiger partial charge is 0.496 e. The van der Waals surface area contributed by atoms with Gasteiger partial charge in [-0.2, -0.15) is 0 Å². The Morgan fingerprint density at radius 3 is 2.76 bits per heavy atom. The van der Waals surface area contributed by atoms with Gasteiger partial charge >= 0.3 is 0 Å². The molecule has 5 rings (SSSR count). The number of hydrogen-bond acceptors (Lipinski definition) is 4. The number of carbonyl (C=O) groups is 2. The normalized spacial score (nSPS) is 27.9. The Morgan fingerprint density at radius 2 is 2.00 bits per heavy atom. The molecule has 2 amide bonds. The predicted octanol–water partition coefficient (Wildman–Crippen LogP) is 2.92. The van der Waals surface area contributed by atoms with Gasteiger partial charge < -0.3 is 19.3 Å². The molecule has 1 spiro atoms. The molecule has 0 aromatic heterocycles. The first-order valence-electron chi connectivity index (χ1n) is 10.0. The van der Waals surface area contributed by atoms with Crippen LogP contribution in [0.4, 0.5) is 0 Å². The Kier molecular flexibility index (Phi) is 4.13. The molecular formula is C23H24N2O4. The fraction of sp³-hybridized carbons (Fsp3) is 0.391. The molecule has 0 aliphatic carbocycles. The third-order valence-corrected chi connectivity index (χ3v) is 6.45. The number of carbonyl (C=O) groups excluding carboxylic acids is 2. The van der Waals surface area contributed by atoms with E-state index in [0.717, 1.165) is 11.1 Å². The van der Waals surface area contributed by atoms with Crippen LogP contribution in [0.2, 0.25) is 0 Å². The number of hydrogen-bond donors (Lipinski definition) is 0. The summed E-state index contributed by atoms with van der Waals surface area (Å²) >= 11 is 0. The van der Waals surface area contributed by atoms with Gasteiger partial charge in [-0.25, -0.2) is 0 Å². The van der Waals surface area contributed by atoms with Crippen LogP contribution < -0.4 is 4.74 Å². The van der Waals surface area contributed by atoms with E-state index in [1.165, 1.54) is 0 Å². The van der Waals surface area contributed by atoms with E-state index in [1.54, 1.807) is 7.11 Å². The van der Waals surface area contributed by atoms with E-state index in [4.69, 9.17) is 9.47 Å². The standard InChI is InChI=1S/C23H24N2O4/c1-15-8-9-18(28-2)17(12-15)22(27)24-11-10-23-20(24)13-21(26)25(23)14-19(29-23)16-6-4-3-5-7-16/h3-9,12,19-20H,10-11,13-14H2,1-2H3/t19-,20-,23+/m1/s1. The Bertz CT molecular complexity index is 976. The Labute approximate surface area is 170 Å². The molecule has 0 N–H and O–H groups in total. The zero-order valence-corrected chi connectivity index (χ0v) is 16.6. The molecule has 0 saturated carbocycles. The van der Waals surface area contributed by atoms with Gasteiger partial charge in [-0.15, -0.1) is 0 Å². The highest BCUT2D eigenvalue weighted by molar-refractivity contribution is 5.98. The minimum absolute atomic E-state index is 0.0575. The summed E-state index contributed by atoms with van der Waals surface area (Å²) in [5, 5.41) is 0. The number of aryl methyl sites for hydroxylation is 1. The average Bonchev–Trinajstić information content (AvgIpc) is 3.36. The van der Waals surface area contributed by atoms with Crippen molar-refractivity contribution >= 4 is 11.8 Å². The molecule has 3 atom stereocenters. The van der Waals surface area contributed by atoms with Gasteiger partial charge in [0.25, 0.3) is 5.91 Å². The Balaban J connectivity index is 1.46. The summed E-state index contributed by atoms with van der Waals surface area (Å²) in [5.41, 5.74) is 1.87. The SMILES string of the molecule is COc1ccc(C)cc1C(=O)N1CC[C@@]23O[C@@H](c4ccccc4)CN2C(=O)C[C@@H]13. The van der Waals surface area contributed by atoms with Crippen LogP contribution in [0, 0.1) is 6.92 Å². The highest BCUT2D eigenvalue weighted by Gasteiger charge is 2.65. The number of benzene rings is 2. The van der Waals surface area contributed by atoms with Crippen LogP contribution in [0.5, 0.6) is 5.75 Å². The maximum Gasteiger partial charge on any atom is 0.258 e. The molecule has 3 saturated heterocycles. The van der Waals surface area contributed by atoms with E-state index >= 15 is 0 Å². The van der Waals surface area contributed by atoms with Crippen LogP contribution in [0.15, 0.2) is 48.5 Å².